The van der Waals surface area contributed by atoms with E-state index in [-0.39, 0.29) is 0 Å². The van der Waals surface area contributed by atoms with Crippen molar-refractivity contribution < 1.29 is 9.53 Å². The monoisotopic (exact) mass is 223 g/mol. The van der Waals surface area contributed by atoms with Gasteiger partial charge in [-0.3, -0.25) is 5.32 Å². The third-order valence-corrected chi connectivity index (χ3v) is 1.84. The Morgan fingerprint density at radius 3 is 2.81 bits per heavy atom. The third-order valence-electron chi connectivity index (χ3n) is 1.84. The second-order valence-corrected chi connectivity index (χ2v) is 3.20. The van der Waals surface area contributed by atoms with Crippen LogP contribution in [0.1, 0.15) is 20.3 Å². The summed E-state index contributed by atoms with van der Waals surface area (Å²) >= 11 is 0. The van der Waals surface area contributed by atoms with Gasteiger partial charge in [0.25, 0.3) is 0 Å². The van der Waals surface area contributed by atoms with E-state index in [9.17, 15) is 4.79 Å². The van der Waals surface area contributed by atoms with Crippen molar-refractivity contribution in [2.24, 2.45) is 0 Å². The molecular weight excluding hydrogens is 206 g/mol. The van der Waals surface area contributed by atoms with Crippen LogP contribution in [0.2, 0.25) is 0 Å². The Balaban J connectivity index is 2.47. The fourth-order valence-corrected chi connectivity index (χ4v) is 1.11. The summed E-state index contributed by atoms with van der Waals surface area (Å²) in [5.74, 6) is 0.802. The van der Waals surface area contributed by atoms with Crippen LogP contribution in [-0.4, -0.2) is 24.2 Å². The van der Waals surface area contributed by atoms with E-state index >= 15 is 0 Å². The summed E-state index contributed by atoms with van der Waals surface area (Å²) in [5.41, 5.74) is 0.625. The first-order valence-electron chi connectivity index (χ1n) is 5.40. The predicted molar refractivity (Wildman–Crippen MR) is 63.7 cm³/mol. The van der Waals surface area contributed by atoms with Gasteiger partial charge in [-0.25, -0.2) is 9.78 Å². The lowest BCUT2D eigenvalue weighted by Crippen LogP contribution is -2.13. The number of carbonyl (C=O) groups is 1. The second-order valence-electron chi connectivity index (χ2n) is 3.20. The van der Waals surface area contributed by atoms with Gasteiger partial charge < -0.3 is 10.1 Å². The molecule has 5 heteroatoms. The topological polar surface area (TPSA) is 63.2 Å². The fraction of sp³-hybridized carbons (Fsp3) is 0.455. The molecule has 0 spiro atoms. The molecule has 0 saturated carbocycles. The molecule has 0 radical (unpaired) electrons. The number of nitrogens with one attached hydrogen (secondary N) is 2. The van der Waals surface area contributed by atoms with Gasteiger partial charge in [-0.2, -0.15) is 0 Å². The highest BCUT2D eigenvalue weighted by Crippen LogP contribution is 2.09. The molecule has 0 fully saturated rings. The van der Waals surface area contributed by atoms with Crippen molar-refractivity contribution in [2.45, 2.75) is 20.3 Å². The highest BCUT2D eigenvalue weighted by molar-refractivity contribution is 5.84. The Kier molecular flexibility index (Phi) is 5.11. The molecule has 0 aliphatic heterocycles. The van der Waals surface area contributed by atoms with Gasteiger partial charge in [-0.15, -0.1) is 0 Å². The summed E-state index contributed by atoms with van der Waals surface area (Å²) in [7, 11) is 0. The van der Waals surface area contributed by atoms with Gasteiger partial charge in [-0.05, 0) is 25.5 Å². The van der Waals surface area contributed by atoms with Crippen LogP contribution >= 0.6 is 0 Å². The van der Waals surface area contributed by atoms with Gasteiger partial charge in [-0.1, -0.05) is 6.92 Å². The number of rotatable bonds is 5. The van der Waals surface area contributed by atoms with Gasteiger partial charge in [0.15, 0.2) is 0 Å². The molecule has 1 aromatic heterocycles. The number of hydrogen-bond acceptors (Lipinski definition) is 4. The lowest BCUT2D eigenvalue weighted by Gasteiger charge is -2.06. The van der Waals surface area contributed by atoms with E-state index in [2.05, 4.69) is 22.5 Å². The molecule has 0 atom stereocenters. The Morgan fingerprint density at radius 1 is 1.44 bits per heavy atom. The number of carbonyl (C=O) groups excluding carboxylic acids is 1. The third kappa shape index (κ3) is 4.16. The van der Waals surface area contributed by atoms with Crippen LogP contribution in [0.5, 0.6) is 0 Å². The Bertz CT molecular complexity index is 325. The smallest absolute Gasteiger partial charge is 0.411 e. The van der Waals surface area contributed by atoms with Crippen LogP contribution < -0.4 is 10.6 Å². The van der Waals surface area contributed by atoms with Crippen molar-refractivity contribution in [3.8, 4) is 0 Å². The lowest BCUT2D eigenvalue weighted by molar-refractivity contribution is 0.168. The zero-order chi connectivity index (χ0) is 11.8. The van der Waals surface area contributed by atoms with Gasteiger partial charge in [0.1, 0.15) is 5.82 Å². The molecule has 88 valence electrons. The van der Waals surface area contributed by atoms with Crippen molar-refractivity contribution in [2.75, 3.05) is 23.8 Å². The first-order chi connectivity index (χ1) is 7.76. The predicted octanol–water partition coefficient (Wildman–Crippen LogP) is 2.47. The molecule has 5 nitrogen and oxygen atoms in total. The van der Waals surface area contributed by atoms with Crippen molar-refractivity contribution in [3.05, 3.63) is 18.3 Å². The maximum absolute atomic E-state index is 11.1. The van der Waals surface area contributed by atoms with Gasteiger partial charge in [0.05, 0.1) is 18.5 Å². The largest absolute Gasteiger partial charge is 0.450 e. The second kappa shape index (κ2) is 6.66. The normalized spacial score (nSPS) is 9.62. The van der Waals surface area contributed by atoms with Crippen LogP contribution in [0.4, 0.5) is 16.3 Å². The van der Waals surface area contributed by atoms with E-state index in [4.69, 9.17) is 4.74 Å². The highest BCUT2D eigenvalue weighted by Gasteiger charge is 2.01. The van der Waals surface area contributed by atoms with Crippen LogP contribution in [-0.2, 0) is 4.74 Å². The summed E-state index contributed by atoms with van der Waals surface area (Å²) in [5, 5.41) is 5.72. The van der Waals surface area contributed by atoms with E-state index < -0.39 is 6.09 Å². The molecule has 1 aromatic rings. The average molecular weight is 223 g/mol. The minimum Gasteiger partial charge on any atom is -0.450 e. The maximum atomic E-state index is 11.1. The molecule has 1 rings (SSSR count). The standard InChI is InChI=1S/C11H17N3O2/c1-3-7-12-10-6-5-9(8-13-10)14-11(15)16-4-2/h5-6,8H,3-4,7H2,1-2H3,(H,12,13)(H,14,15). The molecule has 0 aliphatic rings. The molecule has 0 aromatic carbocycles. The number of amides is 1. The fourth-order valence-electron chi connectivity index (χ4n) is 1.11. The van der Waals surface area contributed by atoms with Crippen LogP contribution in [0, 0.1) is 0 Å². The lowest BCUT2D eigenvalue weighted by atomic mass is 10.4. The number of nitrogens with zero attached hydrogens (tertiary/aromatic N) is 1. The van der Waals surface area contributed by atoms with E-state index in [0.29, 0.717) is 12.3 Å². The Hall–Kier alpha value is -1.78. The highest BCUT2D eigenvalue weighted by atomic mass is 16.5. The van der Waals surface area contributed by atoms with Crippen LogP contribution in [0.25, 0.3) is 0 Å². The molecule has 16 heavy (non-hydrogen) atoms. The van der Waals surface area contributed by atoms with Gasteiger partial charge >= 0.3 is 6.09 Å². The molecule has 0 bridgehead atoms. The van der Waals surface area contributed by atoms with Gasteiger partial charge in [0.2, 0.25) is 0 Å². The molecule has 0 unspecified atom stereocenters. The molecule has 1 heterocycles. The zero-order valence-electron chi connectivity index (χ0n) is 9.62. The minimum absolute atomic E-state index is 0.357. The SMILES string of the molecule is CCCNc1ccc(NC(=O)OCC)cn1. The molecule has 1 amide bonds. The molecule has 2 N–H and O–H groups in total. The Morgan fingerprint density at radius 2 is 2.25 bits per heavy atom. The molecular formula is C11H17N3O2. The minimum atomic E-state index is -0.460. The summed E-state index contributed by atoms with van der Waals surface area (Å²) in [6.07, 6.45) is 2.18. The number of ether oxygens (including phenoxy) is 1. The van der Waals surface area contributed by atoms with E-state index in [1.165, 1.54) is 0 Å². The number of pyridine rings is 1. The quantitative estimate of drug-likeness (QED) is 0.805. The first-order valence-corrected chi connectivity index (χ1v) is 5.40. The van der Waals surface area contributed by atoms with Crippen molar-refractivity contribution in [3.63, 3.8) is 0 Å². The van der Waals surface area contributed by atoms with E-state index in [0.717, 1.165) is 18.8 Å². The van der Waals surface area contributed by atoms with Crippen molar-refractivity contribution in [1.29, 1.82) is 0 Å². The van der Waals surface area contributed by atoms with Crippen molar-refractivity contribution >= 4 is 17.6 Å². The van der Waals surface area contributed by atoms with Crippen LogP contribution in [0.3, 0.4) is 0 Å². The first kappa shape index (κ1) is 12.3. The maximum Gasteiger partial charge on any atom is 0.411 e. The molecule has 0 saturated heterocycles. The zero-order valence-corrected chi connectivity index (χ0v) is 9.62. The Labute approximate surface area is 95.2 Å². The van der Waals surface area contributed by atoms with E-state index in [1.807, 2.05) is 6.07 Å². The summed E-state index contributed by atoms with van der Waals surface area (Å²) in [6.45, 7) is 5.09. The number of hydrogen-bond donors (Lipinski definition) is 2. The summed E-state index contributed by atoms with van der Waals surface area (Å²) in [4.78, 5) is 15.2. The van der Waals surface area contributed by atoms with Crippen LogP contribution in [0.15, 0.2) is 18.3 Å². The number of anilines is 2. The average Bonchev–Trinajstić information content (AvgIpc) is 2.28. The molecule has 0 aliphatic carbocycles. The summed E-state index contributed by atoms with van der Waals surface area (Å²) < 4.78 is 4.75. The summed E-state index contributed by atoms with van der Waals surface area (Å²) in [6, 6.07) is 3.60. The van der Waals surface area contributed by atoms with Crippen molar-refractivity contribution in [1.82, 2.24) is 4.98 Å². The number of aromatic nitrogens is 1. The van der Waals surface area contributed by atoms with E-state index in [1.54, 1.807) is 19.2 Å². The van der Waals surface area contributed by atoms with Gasteiger partial charge in [0, 0.05) is 6.54 Å².